The maximum Gasteiger partial charge on any atom is 0.329 e. The van der Waals surface area contributed by atoms with E-state index in [1.54, 1.807) is 30.3 Å². The number of carboxylic acids is 1. The summed E-state index contributed by atoms with van der Waals surface area (Å²) in [4.78, 5) is 13.5. The van der Waals surface area contributed by atoms with Crippen LogP contribution in [0.3, 0.4) is 0 Å². The van der Waals surface area contributed by atoms with E-state index in [1.807, 2.05) is 4.90 Å². The topological polar surface area (TPSA) is 101 Å². The van der Waals surface area contributed by atoms with Gasteiger partial charge in [-0.05, 0) is 18.5 Å². The third kappa shape index (κ3) is 3.81. The van der Waals surface area contributed by atoms with Gasteiger partial charge in [-0.2, -0.15) is 0 Å². The van der Waals surface area contributed by atoms with E-state index in [-0.39, 0.29) is 18.1 Å². The van der Waals surface area contributed by atoms with Gasteiger partial charge in [-0.1, -0.05) is 30.3 Å². The van der Waals surface area contributed by atoms with Crippen molar-refractivity contribution in [2.24, 2.45) is 5.73 Å². The summed E-state index contributed by atoms with van der Waals surface area (Å²) in [5.74, 6) is -0.905. The summed E-state index contributed by atoms with van der Waals surface area (Å²) in [6.45, 7) is 0.960. The highest BCUT2D eigenvalue weighted by Gasteiger charge is 2.38. The summed E-state index contributed by atoms with van der Waals surface area (Å²) in [5.41, 5.74) is 5.11. The molecule has 1 aliphatic rings. The Bertz CT molecular complexity index is 603. The summed E-state index contributed by atoms with van der Waals surface area (Å²) in [7, 11) is -3.02. The number of rotatable bonds is 4. The summed E-state index contributed by atoms with van der Waals surface area (Å²) in [6, 6.07) is 8.65. The highest BCUT2D eigenvalue weighted by Crippen LogP contribution is 2.21. The van der Waals surface area contributed by atoms with Crippen molar-refractivity contribution in [1.29, 1.82) is 0 Å². The first-order valence-corrected chi connectivity index (χ1v) is 8.66. The van der Waals surface area contributed by atoms with E-state index >= 15 is 0 Å². The van der Waals surface area contributed by atoms with Crippen LogP contribution in [0.25, 0.3) is 0 Å². The van der Waals surface area contributed by atoms with Crippen LogP contribution in [0.5, 0.6) is 0 Å². The highest BCUT2D eigenvalue weighted by atomic mass is 32.2. The molecule has 1 aromatic carbocycles. The van der Waals surface area contributed by atoms with Crippen LogP contribution in [0.1, 0.15) is 12.0 Å². The fourth-order valence-electron chi connectivity index (χ4n) is 2.52. The first kappa shape index (κ1) is 15.9. The molecule has 1 saturated heterocycles. The first-order chi connectivity index (χ1) is 9.83. The number of hydrogen-bond donors (Lipinski definition) is 2. The summed E-state index contributed by atoms with van der Waals surface area (Å²) >= 11 is 0. The Morgan fingerprint density at radius 2 is 1.90 bits per heavy atom. The smallest absolute Gasteiger partial charge is 0.329 e. The lowest BCUT2D eigenvalue weighted by atomic mass is 9.90. The minimum absolute atomic E-state index is 0.0531. The molecule has 7 heteroatoms. The van der Waals surface area contributed by atoms with Crippen LogP contribution in [-0.2, 0) is 20.2 Å². The molecule has 0 bridgehead atoms. The molecular formula is C14H20N2O4S. The van der Waals surface area contributed by atoms with Crippen molar-refractivity contribution in [3.05, 3.63) is 35.9 Å². The van der Waals surface area contributed by atoms with Crippen molar-refractivity contribution >= 4 is 15.8 Å². The molecule has 0 aliphatic carbocycles. The van der Waals surface area contributed by atoms with Crippen LogP contribution in [0.4, 0.5) is 0 Å². The number of hydrogen-bond acceptors (Lipinski definition) is 5. The van der Waals surface area contributed by atoms with Crippen LogP contribution in [-0.4, -0.2) is 55.5 Å². The molecule has 0 spiro atoms. The van der Waals surface area contributed by atoms with Crippen molar-refractivity contribution in [1.82, 2.24) is 4.90 Å². The number of benzene rings is 1. The van der Waals surface area contributed by atoms with Gasteiger partial charge >= 0.3 is 5.97 Å². The van der Waals surface area contributed by atoms with Crippen LogP contribution < -0.4 is 5.73 Å². The molecule has 1 aliphatic heterocycles. The Morgan fingerprint density at radius 3 is 2.52 bits per heavy atom. The maximum atomic E-state index is 11.6. The van der Waals surface area contributed by atoms with Crippen molar-refractivity contribution < 1.29 is 18.3 Å². The minimum atomic E-state index is -3.02. The Morgan fingerprint density at radius 1 is 1.24 bits per heavy atom. The van der Waals surface area contributed by atoms with Gasteiger partial charge in [0, 0.05) is 13.1 Å². The Balaban J connectivity index is 2.19. The first-order valence-electron chi connectivity index (χ1n) is 6.84. The zero-order chi connectivity index (χ0) is 15.5. The lowest BCUT2D eigenvalue weighted by Crippen LogP contribution is -2.53. The van der Waals surface area contributed by atoms with E-state index < -0.39 is 21.3 Å². The summed E-state index contributed by atoms with van der Waals surface area (Å²) in [5, 5.41) is 9.52. The van der Waals surface area contributed by atoms with E-state index in [0.29, 0.717) is 25.1 Å². The quantitative estimate of drug-likeness (QED) is 0.814. The average molecular weight is 312 g/mol. The molecule has 1 aromatic rings. The van der Waals surface area contributed by atoms with Gasteiger partial charge in [-0.15, -0.1) is 0 Å². The minimum Gasteiger partial charge on any atom is -0.480 e. The molecule has 21 heavy (non-hydrogen) atoms. The van der Waals surface area contributed by atoms with E-state index in [4.69, 9.17) is 5.73 Å². The fraction of sp³-hybridized carbons (Fsp3) is 0.500. The molecule has 2 rings (SSSR count). The van der Waals surface area contributed by atoms with Crippen LogP contribution >= 0.6 is 0 Å². The predicted molar refractivity (Wildman–Crippen MR) is 79.7 cm³/mol. The van der Waals surface area contributed by atoms with Gasteiger partial charge in [0.2, 0.25) is 0 Å². The number of nitrogens with zero attached hydrogens (tertiary/aromatic N) is 1. The molecule has 1 unspecified atom stereocenters. The van der Waals surface area contributed by atoms with Gasteiger partial charge in [0.25, 0.3) is 0 Å². The van der Waals surface area contributed by atoms with Crippen LogP contribution in [0, 0.1) is 0 Å². The monoisotopic (exact) mass is 312 g/mol. The summed E-state index contributed by atoms with van der Waals surface area (Å²) < 4.78 is 23.2. The zero-order valence-electron chi connectivity index (χ0n) is 11.7. The molecule has 0 amide bonds. The second-order valence-electron chi connectivity index (χ2n) is 5.42. The number of nitrogens with two attached hydrogens (primary N) is 1. The normalized spacial score (nSPS) is 22.1. The van der Waals surface area contributed by atoms with Crippen molar-refractivity contribution in [2.75, 3.05) is 31.1 Å². The highest BCUT2D eigenvalue weighted by molar-refractivity contribution is 7.91. The number of aliphatic carboxylic acids is 1. The lowest BCUT2D eigenvalue weighted by Gasteiger charge is -2.31. The predicted octanol–water partition coefficient (Wildman–Crippen LogP) is 0.0457. The Hall–Kier alpha value is -1.44. The molecule has 116 valence electrons. The van der Waals surface area contributed by atoms with Gasteiger partial charge in [0.05, 0.1) is 11.5 Å². The van der Waals surface area contributed by atoms with Crippen molar-refractivity contribution in [2.45, 2.75) is 12.0 Å². The van der Waals surface area contributed by atoms with Gasteiger partial charge < -0.3 is 10.8 Å². The van der Waals surface area contributed by atoms with Crippen LogP contribution in [0.15, 0.2) is 30.3 Å². The van der Waals surface area contributed by atoms with Gasteiger partial charge in [0.1, 0.15) is 0 Å². The molecular weight excluding hydrogens is 292 g/mol. The number of sulfone groups is 1. The molecule has 1 heterocycles. The second kappa shape index (κ2) is 6.13. The third-order valence-electron chi connectivity index (χ3n) is 3.79. The van der Waals surface area contributed by atoms with E-state index in [0.717, 1.165) is 0 Å². The Kier molecular flexibility index (Phi) is 4.65. The molecule has 1 atom stereocenters. The van der Waals surface area contributed by atoms with E-state index in [1.165, 1.54) is 0 Å². The molecule has 1 fully saturated rings. The second-order valence-corrected chi connectivity index (χ2v) is 7.73. The molecule has 3 N–H and O–H groups in total. The lowest BCUT2D eigenvalue weighted by molar-refractivity contribution is -0.144. The van der Waals surface area contributed by atoms with Crippen molar-refractivity contribution in [3.63, 3.8) is 0 Å². The standard InChI is InChI=1S/C14H20N2O4S/c15-14(13(17)18,12-5-2-1-3-6-12)11-16-7-4-9-21(19,20)10-8-16/h1-3,5-6H,4,7-11,15H2,(H,17,18). The number of carboxylic acid groups (broad SMARTS) is 1. The maximum absolute atomic E-state index is 11.6. The van der Waals surface area contributed by atoms with E-state index in [2.05, 4.69) is 0 Å². The molecule has 0 radical (unpaired) electrons. The third-order valence-corrected chi connectivity index (χ3v) is 5.51. The fourth-order valence-corrected chi connectivity index (χ4v) is 3.83. The van der Waals surface area contributed by atoms with Crippen LogP contribution in [0.2, 0.25) is 0 Å². The number of carbonyl (C=O) groups is 1. The molecule has 0 aromatic heterocycles. The van der Waals surface area contributed by atoms with Crippen molar-refractivity contribution in [3.8, 4) is 0 Å². The average Bonchev–Trinajstić information content (AvgIpc) is 2.61. The molecule has 0 saturated carbocycles. The SMILES string of the molecule is NC(CN1CCCS(=O)(=O)CC1)(C(=O)O)c1ccccc1. The van der Waals surface area contributed by atoms with Gasteiger partial charge in [0.15, 0.2) is 15.4 Å². The van der Waals surface area contributed by atoms with E-state index in [9.17, 15) is 18.3 Å². The largest absolute Gasteiger partial charge is 0.480 e. The van der Waals surface area contributed by atoms with Gasteiger partial charge in [-0.3, -0.25) is 4.90 Å². The zero-order valence-corrected chi connectivity index (χ0v) is 12.6. The summed E-state index contributed by atoms with van der Waals surface area (Å²) in [6.07, 6.45) is 0.507. The van der Waals surface area contributed by atoms with Gasteiger partial charge in [-0.25, -0.2) is 13.2 Å². The molecule has 6 nitrogen and oxygen atoms in total. The Labute approximate surface area is 124 Å².